The maximum atomic E-state index is 13.1. The number of nitrogens with zero attached hydrogens (tertiary/aromatic N) is 6. The van der Waals surface area contributed by atoms with Gasteiger partial charge in [0.25, 0.3) is 6.43 Å². The number of halogens is 2. The molecule has 0 bridgehead atoms. The Morgan fingerprint density at radius 3 is 2.72 bits per heavy atom. The molecule has 4 aromatic rings. The third-order valence-corrected chi connectivity index (χ3v) is 7.82. The molecule has 1 saturated carbocycles. The van der Waals surface area contributed by atoms with Crippen molar-refractivity contribution >= 4 is 34.1 Å². The highest BCUT2D eigenvalue weighted by Crippen LogP contribution is 2.49. The fourth-order valence-electron chi connectivity index (χ4n) is 5.82. The molecule has 2 aliphatic rings. The lowest BCUT2D eigenvalue weighted by Crippen LogP contribution is -2.52. The number of anilines is 1. The quantitative estimate of drug-likeness (QED) is 0.432. The van der Waals surface area contributed by atoms with E-state index in [1.807, 2.05) is 17.2 Å². The lowest BCUT2D eigenvalue weighted by Gasteiger charge is -2.52. The van der Waals surface area contributed by atoms with Gasteiger partial charge in [0.15, 0.2) is 5.65 Å². The SMILES string of the molecule is CC(=O)N1CCC2(CC1)CC(Nc1ncc3c(-c4cnc5nc(C)n(CC(F)F)c5c4)c[nH]c3n1)C2. The molecule has 11 heteroatoms. The topological polar surface area (TPSA) is 105 Å². The van der Waals surface area contributed by atoms with Crippen molar-refractivity contribution in [2.45, 2.75) is 58.5 Å². The molecule has 0 atom stereocenters. The fourth-order valence-corrected chi connectivity index (χ4v) is 5.82. The van der Waals surface area contributed by atoms with Crippen LogP contribution in [-0.2, 0) is 11.3 Å². The summed E-state index contributed by atoms with van der Waals surface area (Å²) in [5, 5.41) is 4.29. The second kappa shape index (κ2) is 8.49. The number of amides is 1. The first kappa shape index (κ1) is 22.8. The van der Waals surface area contributed by atoms with Crippen molar-refractivity contribution in [2.75, 3.05) is 18.4 Å². The molecule has 9 nitrogen and oxygen atoms in total. The van der Waals surface area contributed by atoms with Gasteiger partial charge in [-0.3, -0.25) is 4.79 Å². The van der Waals surface area contributed by atoms with Gasteiger partial charge in [-0.2, -0.15) is 4.98 Å². The number of hydrogen-bond donors (Lipinski definition) is 2. The number of piperidine rings is 1. The smallest absolute Gasteiger partial charge is 0.256 e. The largest absolute Gasteiger partial charge is 0.351 e. The van der Waals surface area contributed by atoms with Gasteiger partial charge in [0.2, 0.25) is 11.9 Å². The van der Waals surface area contributed by atoms with Crippen LogP contribution in [0.4, 0.5) is 14.7 Å². The van der Waals surface area contributed by atoms with Crippen LogP contribution in [0.15, 0.2) is 24.7 Å². The molecule has 4 aromatic heterocycles. The molecule has 6 rings (SSSR count). The maximum Gasteiger partial charge on any atom is 0.256 e. The monoisotopic (exact) mass is 494 g/mol. The number of pyridine rings is 1. The van der Waals surface area contributed by atoms with E-state index in [0.717, 1.165) is 55.3 Å². The number of imidazole rings is 1. The van der Waals surface area contributed by atoms with Crippen molar-refractivity contribution in [1.82, 2.24) is 34.4 Å². The van der Waals surface area contributed by atoms with Gasteiger partial charge in [-0.25, -0.2) is 23.7 Å². The first-order valence-electron chi connectivity index (χ1n) is 12.3. The van der Waals surface area contributed by atoms with Crippen LogP contribution in [0.1, 0.15) is 38.4 Å². The van der Waals surface area contributed by atoms with Gasteiger partial charge in [-0.15, -0.1) is 0 Å². The van der Waals surface area contributed by atoms with E-state index in [0.29, 0.717) is 40.0 Å². The summed E-state index contributed by atoms with van der Waals surface area (Å²) in [6.45, 7) is 4.62. The molecule has 188 valence electrons. The van der Waals surface area contributed by atoms with Crippen LogP contribution in [-0.4, -0.2) is 65.9 Å². The summed E-state index contributed by atoms with van der Waals surface area (Å²) >= 11 is 0. The number of aromatic nitrogens is 6. The Balaban J connectivity index is 1.18. The molecule has 5 heterocycles. The van der Waals surface area contributed by atoms with E-state index < -0.39 is 13.0 Å². The Labute approximate surface area is 206 Å². The normalized spacial score (nSPS) is 17.9. The second-order valence-corrected chi connectivity index (χ2v) is 10.1. The van der Waals surface area contributed by atoms with Crippen LogP contribution in [0.2, 0.25) is 0 Å². The summed E-state index contributed by atoms with van der Waals surface area (Å²) in [4.78, 5) is 34.7. The Hall–Kier alpha value is -3.63. The van der Waals surface area contributed by atoms with Crippen LogP contribution in [0, 0.1) is 12.3 Å². The average molecular weight is 495 g/mol. The summed E-state index contributed by atoms with van der Waals surface area (Å²) < 4.78 is 27.7. The third kappa shape index (κ3) is 3.96. The predicted octanol–water partition coefficient (Wildman–Crippen LogP) is 4.15. The number of likely N-dealkylation sites (tertiary alicyclic amines) is 1. The minimum Gasteiger partial charge on any atom is -0.351 e. The predicted molar refractivity (Wildman–Crippen MR) is 132 cm³/mol. The average Bonchev–Trinajstić information content (AvgIpc) is 3.38. The summed E-state index contributed by atoms with van der Waals surface area (Å²) in [6, 6.07) is 2.16. The molecule has 0 radical (unpaired) electrons. The molecule has 1 spiro atoms. The molecule has 0 unspecified atom stereocenters. The van der Waals surface area contributed by atoms with E-state index in [4.69, 9.17) is 0 Å². The summed E-state index contributed by atoms with van der Waals surface area (Å²) in [7, 11) is 0. The first-order chi connectivity index (χ1) is 17.3. The van der Waals surface area contributed by atoms with E-state index in [1.54, 1.807) is 26.2 Å². The molecule has 36 heavy (non-hydrogen) atoms. The lowest BCUT2D eigenvalue weighted by molar-refractivity contribution is -0.132. The number of carbonyl (C=O) groups excluding carboxylic acids is 1. The molecule has 2 fully saturated rings. The van der Waals surface area contributed by atoms with E-state index in [1.165, 1.54) is 4.57 Å². The zero-order valence-corrected chi connectivity index (χ0v) is 20.3. The molecule has 1 saturated heterocycles. The zero-order valence-electron chi connectivity index (χ0n) is 20.3. The molecular weight excluding hydrogens is 466 g/mol. The highest BCUT2D eigenvalue weighted by Gasteiger charge is 2.46. The Morgan fingerprint density at radius 1 is 1.22 bits per heavy atom. The van der Waals surface area contributed by atoms with E-state index >= 15 is 0 Å². The number of nitrogens with one attached hydrogen (secondary N) is 2. The standard InChI is InChI=1S/C25H28F2N8O/c1-14-31-23-20(35(14)13-21(26)27)7-16(10-28-23)18-11-29-22-19(18)12-30-24(33-22)32-17-8-25(9-17)3-5-34(6-4-25)15(2)36/h7,10-12,17,21H,3-6,8-9,13H2,1-2H3,(H2,29,30,32,33). The molecule has 1 aliphatic carbocycles. The molecule has 2 N–H and O–H groups in total. The van der Waals surface area contributed by atoms with Gasteiger partial charge in [-0.1, -0.05) is 0 Å². The van der Waals surface area contributed by atoms with E-state index in [2.05, 4.69) is 30.2 Å². The van der Waals surface area contributed by atoms with Crippen molar-refractivity contribution in [2.24, 2.45) is 5.41 Å². The van der Waals surface area contributed by atoms with Gasteiger partial charge in [-0.05, 0) is 44.1 Å². The highest BCUT2D eigenvalue weighted by atomic mass is 19.3. The van der Waals surface area contributed by atoms with Gasteiger partial charge in [0, 0.05) is 61.2 Å². The number of hydrogen-bond acceptors (Lipinski definition) is 6. The fraction of sp³-hybridized carbons (Fsp3) is 0.480. The summed E-state index contributed by atoms with van der Waals surface area (Å²) in [6.07, 6.45) is 7.08. The Morgan fingerprint density at radius 2 is 2.00 bits per heavy atom. The van der Waals surface area contributed by atoms with Crippen LogP contribution >= 0.6 is 0 Å². The zero-order chi connectivity index (χ0) is 25.0. The van der Waals surface area contributed by atoms with Crippen LogP contribution in [0.5, 0.6) is 0 Å². The summed E-state index contributed by atoms with van der Waals surface area (Å²) in [5.41, 5.74) is 3.69. The van der Waals surface area contributed by atoms with E-state index in [9.17, 15) is 13.6 Å². The molecular formula is C25H28F2N8O. The molecule has 1 aliphatic heterocycles. The molecule has 1 amide bonds. The Bertz CT molecular complexity index is 1450. The minimum absolute atomic E-state index is 0.162. The number of fused-ring (bicyclic) bond motifs is 2. The number of rotatable bonds is 5. The van der Waals surface area contributed by atoms with Crippen molar-refractivity contribution in [3.63, 3.8) is 0 Å². The maximum absolute atomic E-state index is 13.1. The first-order valence-corrected chi connectivity index (χ1v) is 12.3. The highest BCUT2D eigenvalue weighted by molar-refractivity contribution is 5.95. The van der Waals surface area contributed by atoms with Crippen LogP contribution in [0.25, 0.3) is 33.3 Å². The van der Waals surface area contributed by atoms with Crippen molar-refractivity contribution in [3.05, 3.63) is 30.5 Å². The van der Waals surface area contributed by atoms with E-state index in [-0.39, 0.29) is 5.91 Å². The number of carbonyl (C=O) groups is 1. The molecule has 0 aromatic carbocycles. The van der Waals surface area contributed by atoms with Crippen LogP contribution in [0.3, 0.4) is 0 Å². The Kier molecular flexibility index (Phi) is 5.38. The van der Waals surface area contributed by atoms with Gasteiger partial charge in [0.1, 0.15) is 11.5 Å². The van der Waals surface area contributed by atoms with Crippen LogP contribution < -0.4 is 5.32 Å². The number of aryl methyl sites for hydroxylation is 1. The van der Waals surface area contributed by atoms with Gasteiger partial charge < -0.3 is 19.8 Å². The van der Waals surface area contributed by atoms with Gasteiger partial charge in [0.05, 0.1) is 12.1 Å². The minimum atomic E-state index is -2.48. The summed E-state index contributed by atoms with van der Waals surface area (Å²) in [5.74, 6) is 1.25. The number of H-pyrrole nitrogens is 1. The van der Waals surface area contributed by atoms with Gasteiger partial charge >= 0.3 is 0 Å². The van der Waals surface area contributed by atoms with Crippen molar-refractivity contribution in [1.29, 1.82) is 0 Å². The van der Waals surface area contributed by atoms with Crippen molar-refractivity contribution in [3.8, 4) is 11.1 Å². The number of alkyl halides is 2. The lowest BCUT2D eigenvalue weighted by atomic mass is 9.60. The number of aromatic amines is 1. The van der Waals surface area contributed by atoms with Crippen molar-refractivity contribution < 1.29 is 13.6 Å². The second-order valence-electron chi connectivity index (χ2n) is 10.1. The third-order valence-electron chi connectivity index (χ3n) is 7.82.